The first-order valence-electron chi connectivity index (χ1n) is 4.75. The largest absolute Gasteiger partial charge is 0.207 e. The second kappa shape index (κ2) is 4.53. The van der Waals surface area contributed by atoms with E-state index >= 15 is 0 Å². The topological polar surface area (TPSA) is 32.7 Å². The Balaban J connectivity index is 2.37. The molecule has 0 unspecified atom stereocenters. The lowest BCUT2D eigenvalue weighted by atomic mass is 10.2. The molecule has 0 spiro atoms. The molecule has 0 aliphatic heterocycles. The molecular formula is C12H9FN2O. The van der Waals surface area contributed by atoms with E-state index in [1.165, 1.54) is 29.3 Å². The number of rotatable bonds is 3. The number of hydrogen-bond donors (Lipinski definition) is 0. The maximum Gasteiger partial charge on any atom is 0.123 e. The fraction of sp³-hybridized carbons (Fsp3) is 0. The molecule has 0 aliphatic rings. The first kappa shape index (κ1) is 10.3. The Morgan fingerprint density at radius 2 is 1.44 bits per heavy atom. The van der Waals surface area contributed by atoms with Gasteiger partial charge in [0.15, 0.2) is 0 Å². The van der Waals surface area contributed by atoms with Crippen LogP contribution >= 0.6 is 0 Å². The molecule has 0 saturated carbocycles. The zero-order chi connectivity index (χ0) is 11.4. The van der Waals surface area contributed by atoms with Crippen LogP contribution in [0.1, 0.15) is 0 Å². The lowest BCUT2D eigenvalue weighted by Gasteiger charge is -2.14. The standard InChI is InChI=1S/C12H9FN2O/c13-10-6-8-12(9-7-10)15(14-16)11-4-2-1-3-5-11/h1-9H. The van der Waals surface area contributed by atoms with Crippen molar-refractivity contribution >= 4 is 11.4 Å². The molecule has 0 fully saturated rings. The summed E-state index contributed by atoms with van der Waals surface area (Å²) in [6.45, 7) is 0. The van der Waals surface area contributed by atoms with E-state index in [0.717, 1.165) is 0 Å². The average Bonchev–Trinajstić information content (AvgIpc) is 2.34. The van der Waals surface area contributed by atoms with Gasteiger partial charge in [0.1, 0.15) is 5.82 Å². The third kappa shape index (κ3) is 2.06. The molecule has 0 heterocycles. The smallest absolute Gasteiger partial charge is 0.123 e. The van der Waals surface area contributed by atoms with Crippen LogP contribution in [0.3, 0.4) is 0 Å². The van der Waals surface area contributed by atoms with E-state index in [9.17, 15) is 9.30 Å². The summed E-state index contributed by atoms with van der Waals surface area (Å²) < 4.78 is 12.7. The highest BCUT2D eigenvalue weighted by Crippen LogP contribution is 2.25. The maximum absolute atomic E-state index is 12.7. The summed E-state index contributed by atoms with van der Waals surface area (Å²) in [4.78, 5) is 10.8. The van der Waals surface area contributed by atoms with Crippen molar-refractivity contribution in [3.05, 3.63) is 65.3 Å². The van der Waals surface area contributed by atoms with E-state index in [-0.39, 0.29) is 5.82 Å². The van der Waals surface area contributed by atoms with E-state index in [1.54, 1.807) is 24.3 Å². The number of nitroso groups, excluding NO2 is 1. The molecule has 0 aliphatic carbocycles. The summed E-state index contributed by atoms with van der Waals surface area (Å²) in [7, 11) is 0. The van der Waals surface area contributed by atoms with Gasteiger partial charge in [-0.3, -0.25) is 0 Å². The molecular weight excluding hydrogens is 207 g/mol. The molecule has 16 heavy (non-hydrogen) atoms. The number of hydrogen-bond acceptors (Lipinski definition) is 2. The van der Waals surface area contributed by atoms with Gasteiger partial charge < -0.3 is 0 Å². The van der Waals surface area contributed by atoms with Crippen molar-refractivity contribution < 1.29 is 4.39 Å². The number of halogens is 1. The highest BCUT2D eigenvalue weighted by atomic mass is 19.1. The summed E-state index contributed by atoms with van der Waals surface area (Å²) in [5, 5.41) is 4.13. The van der Waals surface area contributed by atoms with E-state index in [4.69, 9.17) is 0 Å². The lowest BCUT2D eigenvalue weighted by Crippen LogP contribution is -2.06. The van der Waals surface area contributed by atoms with Crippen molar-refractivity contribution in [3.63, 3.8) is 0 Å². The van der Waals surface area contributed by atoms with Crippen LogP contribution in [0.2, 0.25) is 0 Å². The van der Waals surface area contributed by atoms with Crippen LogP contribution in [0, 0.1) is 10.7 Å². The molecule has 2 rings (SSSR count). The van der Waals surface area contributed by atoms with Crippen LogP contribution in [0.4, 0.5) is 15.8 Å². The third-order valence-electron chi connectivity index (χ3n) is 2.15. The van der Waals surface area contributed by atoms with Crippen LogP contribution in [-0.4, -0.2) is 0 Å². The summed E-state index contributed by atoms with van der Waals surface area (Å²) in [5.41, 5.74) is 1.17. The van der Waals surface area contributed by atoms with Gasteiger partial charge in [-0.1, -0.05) is 18.2 Å². The predicted molar refractivity (Wildman–Crippen MR) is 60.8 cm³/mol. The summed E-state index contributed by atoms with van der Waals surface area (Å²) in [6.07, 6.45) is 0. The van der Waals surface area contributed by atoms with Gasteiger partial charge in [-0.15, -0.1) is 4.91 Å². The maximum atomic E-state index is 12.7. The van der Waals surface area contributed by atoms with Crippen LogP contribution < -0.4 is 5.01 Å². The van der Waals surface area contributed by atoms with Crippen molar-refractivity contribution in [2.45, 2.75) is 0 Å². The Kier molecular flexibility index (Phi) is 2.91. The normalized spacial score (nSPS) is 9.81. The van der Waals surface area contributed by atoms with Gasteiger partial charge >= 0.3 is 0 Å². The van der Waals surface area contributed by atoms with E-state index < -0.39 is 0 Å². The SMILES string of the molecule is O=NN(c1ccccc1)c1ccc(F)cc1. The molecule has 2 aromatic rings. The minimum atomic E-state index is -0.345. The zero-order valence-electron chi connectivity index (χ0n) is 8.38. The van der Waals surface area contributed by atoms with E-state index in [0.29, 0.717) is 11.4 Å². The monoisotopic (exact) mass is 216 g/mol. The number of nitrogens with zero attached hydrogens (tertiary/aromatic N) is 2. The second-order valence-electron chi connectivity index (χ2n) is 3.21. The second-order valence-corrected chi connectivity index (χ2v) is 3.21. The van der Waals surface area contributed by atoms with E-state index in [1.807, 2.05) is 6.07 Å². The first-order chi connectivity index (χ1) is 7.81. The predicted octanol–water partition coefficient (Wildman–Crippen LogP) is 3.65. The van der Waals surface area contributed by atoms with Crippen molar-refractivity contribution in [1.29, 1.82) is 0 Å². The molecule has 0 aromatic heterocycles. The average molecular weight is 216 g/mol. The highest BCUT2D eigenvalue weighted by molar-refractivity contribution is 5.61. The Morgan fingerprint density at radius 3 is 2.00 bits per heavy atom. The molecule has 0 bridgehead atoms. The van der Waals surface area contributed by atoms with E-state index in [2.05, 4.69) is 5.29 Å². The van der Waals surface area contributed by atoms with Crippen molar-refractivity contribution in [2.24, 2.45) is 5.29 Å². The Morgan fingerprint density at radius 1 is 0.875 bits per heavy atom. The van der Waals surface area contributed by atoms with Crippen LogP contribution in [-0.2, 0) is 0 Å². The van der Waals surface area contributed by atoms with Gasteiger partial charge in [0, 0.05) is 0 Å². The van der Waals surface area contributed by atoms with Crippen molar-refractivity contribution in [1.82, 2.24) is 0 Å². The number of para-hydroxylation sites is 1. The molecule has 3 nitrogen and oxygen atoms in total. The van der Waals surface area contributed by atoms with Crippen LogP contribution in [0.15, 0.2) is 59.9 Å². The summed E-state index contributed by atoms with van der Waals surface area (Å²) in [6, 6.07) is 14.5. The van der Waals surface area contributed by atoms with Gasteiger partial charge in [0.25, 0.3) is 0 Å². The third-order valence-corrected chi connectivity index (χ3v) is 2.15. The van der Waals surface area contributed by atoms with Gasteiger partial charge in [0.2, 0.25) is 0 Å². The number of benzene rings is 2. The molecule has 0 amide bonds. The number of anilines is 2. The van der Waals surface area contributed by atoms with Gasteiger partial charge in [-0.2, -0.15) is 5.01 Å². The molecule has 0 radical (unpaired) electrons. The van der Waals surface area contributed by atoms with Crippen LogP contribution in [0.25, 0.3) is 0 Å². The highest BCUT2D eigenvalue weighted by Gasteiger charge is 2.08. The zero-order valence-corrected chi connectivity index (χ0v) is 8.38. The molecule has 0 N–H and O–H groups in total. The Hall–Kier alpha value is -2.23. The summed E-state index contributed by atoms with van der Waals surface area (Å²) >= 11 is 0. The molecule has 0 saturated heterocycles. The minimum absolute atomic E-state index is 0.345. The lowest BCUT2D eigenvalue weighted by molar-refractivity contribution is 0.628. The fourth-order valence-corrected chi connectivity index (χ4v) is 1.39. The van der Waals surface area contributed by atoms with Gasteiger partial charge in [-0.25, -0.2) is 4.39 Å². The Labute approximate surface area is 92.1 Å². The first-order valence-corrected chi connectivity index (χ1v) is 4.75. The fourth-order valence-electron chi connectivity index (χ4n) is 1.39. The molecule has 0 atom stereocenters. The quantitative estimate of drug-likeness (QED) is 0.579. The van der Waals surface area contributed by atoms with Gasteiger partial charge in [0.05, 0.1) is 16.7 Å². The molecule has 80 valence electrons. The van der Waals surface area contributed by atoms with Gasteiger partial charge in [-0.05, 0) is 36.4 Å². The summed E-state index contributed by atoms with van der Waals surface area (Å²) in [5.74, 6) is -0.345. The minimum Gasteiger partial charge on any atom is -0.207 e. The van der Waals surface area contributed by atoms with Crippen molar-refractivity contribution in [2.75, 3.05) is 5.01 Å². The van der Waals surface area contributed by atoms with Crippen molar-refractivity contribution in [3.8, 4) is 0 Å². The Bertz CT molecular complexity index is 470. The molecule has 2 aromatic carbocycles. The molecule has 4 heteroatoms. The van der Waals surface area contributed by atoms with Crippen LogP contribution in [0.5, 0.6) is 0 Å².